The van der Waals surface area contributed by atoms with Crippen molar-refractivity contribution < 1.29 is 29.2 Å². The highest BCUT2D eigenvalue weighted by atomic mass is 16.5. The van der Waals surface area contributed by atoms with Crippen LogP contribution in [0.4, 0.5) is 5.69 Å². The first-order valence-corrected chi connectivity index (χ1v) is 11.3. The van der Waals surface area contributed by atoms with Gasteiger partial charge in [-0.25, -0.2) is 5.48 Å². The van der Waals surface area contributed by atoms with E-state index in [4.69, 9.17) is 10.9 Å². The number of hydroxylamine groups is 1. The molecule has 5 amide bonds. The Labute approximate surface area is 203 Å². The summed E-state index contributed by atoms with van der Waals surface area (Å²) in [6, 6.07) is 3.42. The molecule has 1 aliphatic heterocycles. The number of anilines is 1. The van der Waals surface area contributed by atoms with Crippen molar-refractivity contribution in [2.24, 2.45) is 5.41 Å². The number of hydrogen-bond acceptors (Lipinski definition) is 7. The van der Waals surface area contributed by atoms with Gasteiger partial charge in [0.25, 0.3) is 11.8 Å². The van der Waals surface area contributed by atoms with Crippen LogP contribution >= 0.6 is 0 Å². The fraction of sp³-hybridized carbons (Fsp3) is 0.522. The van der Waals surface area contributed by atoms with Crippen molar-refractivity contribution in [3.05, 3.63) is 29.8 Å². The summed E-state index contributed by atoms with van der Waals surface area (Å²) in [6.45, 7) is 6.69. The number of nitrogens with zero attached hydrogens (tertiary/aromatic N) is 1. The molecule has 0 unspecified atom stereocenters. The Balaban J connectivity index is 2.02. The summed E-state index contributed by atoms with van der Waals surface area (Å²) >= 11 is 0. The summed E-state index contributed by atoms with van der Waals surface area (Å²) in [6.07, 6.45) is 1.00. The molecule has 3 atom stereocenters. The normalized spacial score (nSPS) is 17.2. The zero-order valence-corrected chi connectivity index (χ0v) is 20.4. The van der Waals surface area contributed by atoms with Gasteiger partial charge < -0.3 is 26.6 Å². The van der Waals surface area contributed by atoms with Gasteiger partial charge in [0.05, 0.1) is 6.54 Å². The Bertz CT molecular complexity index is 958. The van der Waals surface area contributed by atoms with Gasteiger partial charge >= 0.3 is 0 Å². The first kappa shape index (κ1) is 27.6. The Morgan fingerprint density at radius 1 is 1.09 bits per heavy atom. The summed E-state index contributed by atoms with van der Waals surface area (Å²) < 4.78 is 0. The highest BCUT2D eigenvalue weighted by Gasteiger charge is 2.39. The third-order valence-electron chi connectivity index (χ3n) is 5.73. The van der Waals surface area contributed by atoms with E-state index in [0.717, 1.165) is 0 Å². The monoisotopic (exact) mass is 490 g/mol. The van der Waals surface area contributed by atoms with E-state index in [1.54, 1.807) is 45.0 Å². The van der Waals surface area contributed by atoms with E-state index in [1.165, 1.54) is 17.3 Å². The van der Waals surface area contributed by atoms with E-state index in [2.05, 4.69) is 16.0 Å². The van der Waals surface area contributed by atoms with Crippen molar-refractivity contribution in [3.63, 3.8) is 0 Å². The lowest BCUT2D eigenvalue weighted by molar-refractivity contribution is -0.140. The second kappa shape index (κ2) is 11.6. The van der Waals surface area contributed by atoms with Crippen LogP contribution in [0.5, 0.6) is 0 Å². The first-order chi connectivity index (χ1) is 16.3. The molecular weight excluding hydrogens is 456 g/mol. The maximum atomic E-state index is 13.1. The topological polar surface area (TPSA) is 183 Å². The van der Waals surface area contributed by atoms with Crippen molar-refractivity contribution in [1.29, 1.82) is 0 Å². The molecule has 35 heavy (non-hydrogen) atoms. The van der Waals surface area contributed by atoms with E-state index < -0.39 is 53.1 Å². The van der Waals surface area contributed by atoms with Gasteiger partial charge in [0.2, 0.25) is 17.7 Å². The van der Waals surface area contributed by atoms with E-state index in [1.807, 2.05) is 0 Å². The highest BCUT2D eigenvalue weighted by Crippen LogP contribution is 2.22. The van der Waals surface area contributed by atoms with Crippen LogP contribution in [0.2, 0.25) is 0 Å². The Kier molecular flexibility index (Phi) is 9.18. The highest BCUT2D eigenvalue weighted by molar-refractivity contribution is 5.98. The number of amides is 5. The number of rotatable bonds is 8. The van der Waals surface area contributed by atoms with E-state index in [9.17, 15) is 24.0 Å². The van der Waals surface area contributed by atoms with Crippen molar-refractivity contribution in [3.8, 4) is 0 Å². The molecule has 1 aliphatic rings. The van der Waals surface area contributed by atoms with Gasteiger partial charge in [-0.05, 0) is 49.4 Å². The molecule has 1 aromatic rings. The molecule has 192 valence electrons. The van der Waals surface area contributed by atoms with Crippen molar-refractivity contribution >= 4 is 35.2 Å². The second-order valence-electron chi connectivity index (χ2n) is 9.56. The predicted molar refractivity (Wildman–Crippen MR) is 127 cm³/mol. The molecule has 0 aliphatic carbocycles. The molecule has 0 spiro atoms. The molecule has 0 bridgehead atoms. The molecule has 2 rings (SSSR count). The zero-order chi connectivity index (χ0) is 26.3. The van der Waals surface area contributed by atoms with E-state index in [0.29, 0.717) is 30.6 Å². The first-order valence-electron chi connectivity index (χ1n) is 11.3. The lowest BCUT2D eigenvalue weighted by Gasteiger charge is -2.33. The number of nitrogens with one attached hydrogen (secondary N) is 4. The average molecular weight is 491 g/mol. The molecule has 0 aromatic heterocycles. The lowest BCUT2D eigenvalue weighted by atomic mass is 9.85. The third kappa shape index (κ3) is 7.41. The number of likely N-dealkylation sites (tertiary alicyclic amines) is 1. The minimum Gasteiger partial charge on any atom is -0.399 e. The van der Waals surface area contributed by atoms with Crippen LogP contribution in [0, 0.1) is 5.41 Å². The molecular formula is C23H34N6O6. The van der Waals surface area contributed by atoms with E-state index in [-0.39, 0.29) is 6.54 Å². The molecule has 0 radical (unpaired) electrons. The molecule has 7 N–H and O–H groups in total. The van der Waals surface area contributed by atoms with Gasteiger partial charge in [0, 0.05) is 17.8 Å². The fourth-order valence-corrected chi connectivity index (χ4v) is 3.70. The number of nitrogens with two attached hydrogens (primary N) is 1. The predicted octanol–water partition coefficient (Wildman–Crippen LogP) is -0.469. The minimum atomic E-state index is -1.02. The van der Waals surface area contributed by atoms with Crippen molar-refractivity contribution in [1.82, 2.24) is 26.3 Å². The summed E-state index contributed by atoms with van der Waals surface area (Å²) in [7, 11) is 0. The van der Waals surface area contributed by atoms with Gasteiger partial charge in [-0.15, -0.1) is 0 Å². The minimum absolute atomic E-state index is 0.288. The number of nitrogen functional groups attached to an aromatic ring is 1. The number of carbonyl (C=O) groups excluding carboxylic acids is 5. The van der Waals surface area contributed by atoms with Crippen LogP contribution in [-0.2, 0) is 19.2 Å². The lowest BCUT2D eigenvalue weighted by Crippen LogP contribution is -2.59. The molecule has 1 aromatic carbocycles. The van der Waals surface area contributed by atoms with Crippen LogP contribution < -0.4 is 27.2 Å². The average Bonchev–Trinajstić information content (AvgIpc) is 3.29. The van der Waals surface area contributed by atoms with Gasteiger partial charge in [-0.3, -0.25) is 29.2 Å². The fourth-order valence-electron chi connectivity index (χ4n) is 3.70. The molecule has 1 fully saturated rings. The zero-order valence-electron chi connectivity index (χ0n) is 20.4. The molecule has 1 heterocycles. The summed E-state index contributed by atoms with van der Waals surface area (Å²) in [5.74, 6) is -2.77. The van der Waals surface area contributed by atoms with Gasteiger partial charge in [-0.2, -0.15) is 0 Å². The number of carbonyl (C=O) groups is 5. The smallest absolute Gasteiger partial charge is 0.265 e. The Morgan fingerprint density at radius 2 is 1.71 bits per heavy atom. The van der Waals surface area contributed by atoms with Crippen molar-refractivity contribution in [2.45, 2.75) is 58.7 Å². The summed E-state index contributed by atoms with van der Waals surface area (Å²) in [5, 5.41) is 16.5. The third-order valence-corrected chi connectivity index (χ3v) is 5.73. The maximum Gasteiger partial charge on any atom is 0.265 e. The van der Waals surface area contributed by atoms with Gasteiger partial charge in [0.15, 0.2) is 0 Å². The van der Waals surface area contributed by atoms with Gasteiger partial charge in [0.1, 0.15) is 18.1 Å². The number of benzene rings is 1. The number of hydrogen-bond donors (Lipinski definition) is 6. The van der Waals surface area contributed by atoms with Crippen LogP contribution in [0.15, 0.2) is 24.3 Å². The van der Waals surface area contributed by atoms with Crippen molar-refractivity contribution in [2.75, 3.05) is 18.8 Å². The Hall–Kier alpha value is -3.67. The largest absolute Gasteiger partial charge is 0.399 e. The van der Waals surface area contributed by atoms with Gasteiger partial charge in [-0.1, -0.05) is 20.8 Å². The molecule has 0 saturated carbocycles. The van der Waals surface area contributed by atoms with Crippen LogP contribution in [-0.4, -0.2) is 70.9 Å². The maximum absolute atomic E-state index is 13.1. The molecule has 1 saturated heterocycles. The molecule has 12 heteroatoms. The Morgan fingerprint density at radius 3 is 2.29 bits per heavy atom. The van der Waals surface area contributed by atoms with Crippen LogP contribution in [0.25, 0.3) is 0 Å². The second-order valence-corrected chi connectivity index (χ2v) is 9.56. The summed E-state index contributed by atoms with van der Waals surface area (Å²) in [5.41, 5.74) is 7.23. The van der Waals surface area contributed by atoms with Crippen LogP contribution in [0.3, 0.4) is 0 Å². The molecule has 12 nitrogen and oxygen atoms in total. The quantitative estimate of drug-likeness (QED) is 0.162. The SMILES string of the molecule is C[C@@H](NC(=O)[C@H](NC(=O)[C@@H]1CCCN1C(=O)CNC(=O)c1ccc(N)cc1)C(C)(C)C)C(=O)NO. The standard InChI is InChI=1S/C23H34N6O6/c1-13(19(31)28-35)26-22(34)18(23(2,3)4)27-21(33)16-6-5-11-29(16)17(30)12-25-20(32)14-7-9-15(24)10-8-14/h7-10,13,16,18,35H,5-6,11-12,24H2,1-4H3,(H,25,32)(H,26,34)(H,27,33)(H,28,31)/t13-,16+,18+/m1/s1. The van der Waals surface area contributed by atoms with Crippen LogP contribution in [0.1, 0.15) is 50.9 Å². The van der Waals surface area contributed by atoms with E-state index >= 15 is 0 Å². The summed E-state index contributed by atoms with van der Waals surface area (Å²) in [4.78, 5) is 63.9.